The summed E-state index contributed by atoms with van der Waals surface area (Å²) in [4.78, 5) is 25.3. The van der Waals surface area contributed by atoms with E-state index in [1.165, 1.54) is 6.42 Å². The van der Waals surface area contributed by atoms with Gasteiger partial charge in [-0.1, -0.05) is 0 Å². The number of hydrogen-bond donors (Lipinski definition) is 1. The summed E-state index contributed by atoms with van der Waals surface area (Å²) in [5, 5.41) is 2.78. The molecule has 2 aliphatic heterocycles. The molecule has 2 heterocycles. The Bertz CT molecular complexity index is 295. The number of likely N-dealkylation sites (tertiary alicyclic amines) is 1. The molecule has 5 heteroatoms. The van der Waals surface area contributed by atoms with Crippen molar-refractivity contribution >= 4 is 11.8 Å². The number of carbonyl (C=O) groups excluding carboxylic acids is 2. The van der Waals surface area contributed by atoms with Crippen LogP contribution in [0.5, 0.6) is 0 Å². The summed E-state index contributed by atoms with van der Waals surface area (Å²) < 4.78 is 5.41. The summed E-state index contributed by atoms with van der Waals surface area (Å²) in [5.74, 6) is -0.222. The standard InChI is InChI=1S/C13H22N2O3/c16-12(14-10-11-5-4-8-18-11)9-13(17)15-6-2-1-3-7-15/h11H,1-10H2,(H,14,16). The molecular weight excluding hydrogens is 232 g/mol. The van der Waals surface area contributed by atoms with E-state index in [2.05, 4.69) is 5.32 Å². The van der Waals surface area contributed by atoms with E-state index in [0.717, 1.165) is 45.4 Å². The van der Waals surface area contributed by atoms with Crippen LogP contribution in [0.25, 0.3) is 0 Å². The van der Waals surface area contributed by atoms with E-state index in [4.69, 9.17) is 4.74 Å². The van der Waals surface area contributed by atoms with Crippen molar-refractivity contribution in [3.63, 3.8) is 0 Å². The molecule has 1 atom stereocenters. The SMILES string of the molecule is O=C(CC(=O)N1CCCCC1)NCC1CCCO1. The van der Waals surface area contributed by atoms with Gasteiger partial charge >= 0.3 is 0 Å². The lowest BCUT2D eigenvalue weighted by Gasteiger charge is -2.26. The lowest BCUT2D eigenvalue weighted by Crippen LogP contribution is -2.40. The summed E-state index contributed by atoms with van der Waals surface area (Å²) in [6.45, 7) is 2.93. The van der Waals surface area contributed by atoms with Gasteiger partial charge in [0.2, 0.25) is 11.8 Å². The first-order valence-corrected chi connectivity index (χ1v) is 6.92. The molecule has 0 aromatic carbocycles. The van der Waals surface area contributed by atoms with Crippen LogP contribution in [0.4, 0.5) is 0 Å². The molecule has 0 aliphatic carbocycles. The second-order valence-electron chi connectivity index (χ2n) is 5.06. The Hall–Kier alpha value is -1.10. The highest BCUT2D eigenvalue weighted by Crippen LogP contribution is 2.11. The maximum atomic E-state index is 11.8. The molecule has 5 nitrogen and oxygen atoms in total. The molecule has 0 spiro atoms. The molecule has 1 N–H and O–H groups in total. The smallest absolute Gasteiger partial charge is 0.232 e. The summed E-state index contributed by atoms with van der Waals surface area (Å²) >= 11 is 0. The molecule has 102 valence electrons. The number of rotatable bonds is 4. The Balaban J connectivity index is 1.64. The number of amides is 2. The topological polar surface area (TPSA) is 58.6 Å². The molecule has 0 bridgehead atoms. The number of piperidine rings is 1. The summed E-state index contributed by atoms with van der Waals surface area (Å²) in [5.41, 5.74) is 0. The van der Waals surface area contributed by atoms with Gasteiger partial charge in [0.05, 0.1) is 6.10 Å². The van der Waals surface area contributed by atoms with Crippen LogP contribution >= 0.6 is 0 Å². The Morgan fingerprint density at radius 2 is 1.94 bits per heavy atom. The van der Waals surface area contributed by atoms with E-state index >= 15 is 0 Å². The van der Waals surface area contributed by atoms with E-state index in [1.54, 1.807) is 4.90 Å². The van der Waals surface area contributed by atoms with Gasteiger partial charge in [0.25, 0.3) is 0 Å². The van der Waals surface area contributed by atoms with Gasteiger partial charge in [-0.2, -0.15) is 0 Å². The number of hydrogen-bond acceptors (Lipinski definition) is 3. The molecular formula is C13H22N2O3. The zero-order valence-corrected chi connectivity index (χ0v) is 10.8. The van der Waals surface area contributed by atoms with E-state index in [-0.39, 0.29) is 24.3 Å². The predicted octanol–water partition coefficient (Wildman–Crippen LogP) is 0.684. The summed E-state index contributed by atoms with van der Waals surface area (Å²) in [7, 11) is 0. The minimum Gasteiger partial charge on any atom is -0.376 e. The second kappa shape index (κ2) is 6.73. The second-order valence-corrected chi connectivity index (χ2v) is 5.06. The Labute approximate surface area is 108 Å². The minimum absolute atomic E-state index is 0.0211. The van der Waals surface area contributed by atoms with Gasteiger partial charge < -0.3 is 15.0 Å². The molecule has 18 heavy (non-hydrogen) atoms. The van der Waals surface area contributed by atoms with Gasteiger partial charge in [0, 0.05) is 26.2 Å². The first-order chi connectivity index (χ1) is 8.75. The monoisotopic (exact) mass is 254 g/mol. The van der Waals surface area contributed by atoms with E-state index < -0.39 is 0 Å². The molecule has 0 aromatic rings. The van der Waals surface area contributed by atoms with Crippen molar-refractivity contribution in [3.8, 4) is 0 Å². The van der Waals surface area contributed by atoms with Crippen molar-refractivity contribution in [1.29, 1.82) is 0 Å². The highest BCUT2D eigenvalue weighted by atomic mass is 16.5. The highest BCUT2D eigenvalue weighted by molar-refractivity contribution is 5.96. The Morgan fingerprint density at radius 3 is 2.61 bits per heavy atom. The maximum absolute atomic E-state index is 11.8. The van der Waals surface area contributed by atoms with Gasteiger partial charge in [-0.3, -0.25) is 9.59 Å². The minimum atomic E-state index is -0.180. The van der Waals surface area contributed by atoms with E-state index in [9.17, 15) is 9.59 Å². The average molecular weight is 254 g/mol. The first kappa shape index (κ1) is 13.3. The average Bonchev–Trinajstić information content (AvgIpc) is 2.90. The molecule has 1 unspecified atom stereocenters. The quantitative estimate of drug-likeness (QED) is 0.751. The molecule has 0 radical (unpaired) electrons. The van der Waals surface area contributed by atoms with Crippen molar-refractivity contribution < 1.29 is 14.3 Å². The normalized spacial score (nSPS) is 24.0. The molecule has 0 saturated carbocycles. The van der Waals surface area contributed by atoms with Crippen LogP contribution in [-0.2, 0) is 14.3 Å². The third-order valence-electron chi connectivity index (χ3n) is 3.57. The van der Waals surface area contributed by atoms with Gasteiger partial charge in [-0.05, 0) is 32.1 Å². The molecule has 2 amide bonds. The third-order valence-corrected chi connectivity index (χ3v) is 3.57. The fraction of sp³-hybridized carbons (Fsp3) is 0.846. The first-order valence-electron chi connectivity index (χ1n) is 6.92. The van der Waals surface area contributed by atoms with Gasteiger partial charge in [0.1, 0.15) is 6.42 Å². The van der Waals surface area contributed by atoms with Crippen LogP contribution in [0.3, 0.4) is 0 Å². The number of ether oxygens (including phenoxy) is 1. The van der Waals surface area contributed by atoms with Crippen molar-refractivity contribution in [1.82, 2.24) is 10.2 Å². The van der Waals surface area contributed by atoms with Gasteiger partial charge in [0.15, 0.2) is 0 Å². The zero-order valence-electron chi connectivity index (χ0n) is 10.8. The fourth-order valence-corrected chi connectivity index (χ4v) is 2.49. The van der Waals surface area contributed by atoms with Crippen LogP contribution in [0.2, 0.25) is 0 Å². The zero-order chi connectivity index (χ0) is 12.8. The highest BCUT2D eigenvalue weighted by Gasteiger charge is 2.20. The lowest BCUT2D eigenvalue weighted by molar-refractivity contribution is -0.136. The third kappa shape index (κ3) is 3.98. The van der Waals surface area contributed by atoms with Crippen LogP contribution < -0.4 is 5.32 Å². The van der Waals surface area contributed by atoms with E-state index in [0.29, 0.717) is 6.54 Å². The fourth-order valence-electron chi connectivity index (χ4n) is 2.49. The molecule has 2 rings (SSSR count). The summed E-state index contributed by atoms with van der Waals surface area (Å²) in [6, 6.07) is 0. The van der Waals surface area contributed by atoms with Crippen LogP contribution in [-0.4, -0.2) is 49.1 Å². The van der Waals surface area contributed by atoms with Crippen molar-refractivity contribution in [2.24, 2.45) is 0 Å². The van der Waals surface area contributed by atoms with Crippen LogP contribution in [0.1, 0.15) is 38.5 Å². The number of carbonyl (C=O) groups is 2. The lowest BCUT2D eigenvalue weighted by atomic mass is 10.1. The summed E-state index contributed by atoms with van der Waals surface area (Å²) in [6.07, 6.45) is 5.49. The van der Waals surface area contributed by atoms with Crippen LogP contribution in [0, 0.1) is 0 Å². The molecule has 2 aliphatic rings. The Kier molecular flexibility index (Phi) is 4.99. The molecule has 2 saturated heterocycles. The maximum Gasteiger partial charge on any atom is 0.232 e. The largest absolute Gasteiger partial charge is 0.376 e. The van der Waals surface area contributed by atoms with E-state index in [1.807, 2.05) is 0 Å². The van der Waals surface area contributed by atoms with Crippen molar-refractivity contribution in [3.05, 3.63) is 0 Å². The van der Waals surface area contributed by atoms with Crippen molar-refractivity contribution in [2.75, 3.05) is 26.2 Å². The van der Waals surface area contributed by atoms with Gasteiger partial charge in [-0.25, -0.2) is 0 Å². The predicted molar refractivity (Wildman–Crippen MR) is 67.0 cm³/mol. The van der Waals surface area contributed by atoms with Gasteiger partial charge in [-0.15, -0.1) is 0 Å². The molecule has 2 fully saturated rings. The van der Waals surface area contributed by atoms with Crippen molar-refractivity contribution in [2.45, 2.75) is 44.6 Å². The Morgan fingerprint density at radius 1 is 1.17 bits per heavy atom. The molecule has 0 aromatic heterocycles. The van der Waals surface area contributed by atoms with Crippen LogP contribution in [0.15, 0.2) is 0 Å². The number of nitrogens with one attached hydrogen (secondary N) is 1. The number of nitrogens with zero attached hydrogens (tertiary/aromatic N) is 1.